The van der Waals surface area contributed by atoms with Crippen molar-refractivity contribution in [2.75, 3.05) is 24.3 Å². The first-order valence-electron chi connectivity index (χ1n) is 6.01. The van der Waals surface area contributed by atoms with E-state index in [0.717, 1.165) is 37.1 Å². The Kier molecular flexibility index (Phi) is 6.60. The lowest BCUT2D eigenvalue weighted by Crippen LogP contribution is -2.25. The van der Waals surface area contributed by atoms with Gasteiger partial charge in [-0.15, -0.1) is 0 Å². The first-order chi connectivity index (χ1) is 8.97. The molecule has 0 amide bonds. The van der Waals surface area contributed by atoms with Crippen LogP contribution < -0.4 is 10.5 Å². The fourth-order valence-corrected chi connectivity index (χ4v) is 3.27. The Labute approximate surface area is 118 Å². The Hall–Kier alpha value is -0.790. The third kappa shape index (κ3) is 5.38. The molecule has 0 fully saturated rings. The highest BCUT2D eigenvalue weighted by atomic mass is 32.2. The van der Waals surface area contributed by atoms with E-state index >= 15 is 0 Å². The highest BCUT2D eigenvalue weighted by Crippen LogP contribution is 2.18. The maximum atomic E-state index is 12.9. The highest BCUT2D eigenvalue weighted by Gasteiger charge is 2.16. The summed E-state index contributed by atoms with van der Waals surface area (Å²) in [6.45, 7) is 0.369. The molecule has 0 aliphatic carbocycles. The number of benzene rings is 1. The van der Waals surface area contributed by atoms with Gasteiger partial charge in [-0.1, -0.05) is 6.42 Å². The summed E-state index contributed by atoms with van der Waals surface area (Å²) in [7, 11) is -3.65. The molecule has 0 unspecified atom stereocenters. The van der Waals surface area contributed by atoms with Crippen LogP contribution in [-0.2, 0) is 10.0 Å². The average Bonchev–Trinajstić information content (AvgIpc) is 2.33. The van der Waals surface area contributed by atoms with E-state index in [4.69, 9.17) is 5.73 Å². The summed E-state index contributed by atoms with van der Waals surface area (Å²) in [6.07, 6.45) is 4.87. The minimum atomic E-state index is -3.65. The summed E-state index contributed by atoms with van der Waals surface area (Å²) in [5, 5.41) is 0. The lowest BCUT2D eigenvalue weighted by Gasteiger charge is -2.09. The molecule has 1 aromatic carbocycles. The van der Waals surface area contributed by atoms with E-state index in [-0.39, 0.29) is 10.6 Å². The van der Waals surface area contributed by atoms with Gasteiger partial charge < -0.3 is 5.73 Å². The van der Waals surface area contributed by atoms with Gasteiger partial charge in [0.15, 0.2) is 0 Å². The van der Waals surface area contributed by atoms with Crippen LogP contribution in [0.3, 0.4) is 0 Å². The van der Waals surface area contributed by atoms with Crippen LogP contribution in [-0.4, -0.2) is 27.0 Å². The van der Waals surface area contributed by atoms with E-state index in [1.54, 1.807) is 11.8 Å². The van der Waals surface area contributed by atoms with E-state index in [9.17, 15) is 12.8 Å². The summed E-state index contributed by atoms with van der Waals surface area (Å²) in [5.41, 5.74) is 5.44. The number of nitrogens with one attached hydrogen (secondary N) is 1. The molecule has 0 atom stereocenters. The Balaban J connectivity index is 2.52. The number of nitrogen functional groups attached to an aromatic ring is 1. The molecule has 0 saturated carbocycles. The Morgan fingerprint density at radius 3 is 2.68 bits per heavy atom. The lowest BCUT2D eigenvalue weighted by atomic mass is 10.2. The van der Waals surface area contributed by atoms with Gasteiger partial charge in [-0.05, 0) is 43.0 Å². The van der Waals surface area contributed by atoms with Crippen molar-refractivity contribution < 1.29 is 12.8 Å². The molecular formula is C12H19FN2O2S2. The molecule has 1 rings (SSSR count). The van der Waals surface area contributed by atoms with Gasteiger partial charge in [0.05, 0.1) is 5.69 Å². The standard InChI is InChI=1S/C12H19FN2O2S2/c1-18-8-4-2-3-7-15-19(16,17)12-6-5-10(13)9-11(12)14/h5-6,9,15H,2-4,7-8,14H2,1H3. The molecule has 0 aromatic heterocycles. The molecule has 0 saturated heterocycles. The quantitative estimate of drug-likeness (QED) is 0.570. The second-order valence-corrected chi connectivity index (χ2v) is 6.85. The van der Waals surface area contributed by atoms with Crippen molar-refractivity contribution in [1.29, 1.82) is 0 Å². The van der Waals surface area contributed by atoms with Gasteiger partial charge in [0.25, 0.3) is 0 Å². The van der Waals surface area contributed by atoms with E-state index in [1.807, 2.05) is 6.26 Å². The number of hydrogen-bond donors (Lipinski definition) is 2. The predicted octanol–water partition coefficient (Wildman–Crippen LogP) is 2.22. The molecule has 0 aliphatic heterocycles. The summed E-state index contributed by atoms with van der Waals surface area (Å²) < 4.78 is 39.2. The first kappa shape index (κ1) is 16.3. The number of hydrogen-bond acceptors (Lipinski definition) is 4. The molecule has 0 aliphatic rings. The molecule has 7 heteroatoms. The van der Waals surface area contributed by atoms with E-state index in [1.165, 1.54) is 6.07 Å². The third-order valence-electron chi connectivity index (χ3n) is 2.58. The van der Waals surface area contributed by atoms with Crippen molar-refractivity contribution in [2.45, 2.75) is 24.2 Å². The van der Waals surface area contributed by atoms with Crippen molar-refractivity contribution in [3.63, 3.8) is 0 Å². The molecule has 0 heterocycles. The molecule has 1 aromatic rings. The fraction of sp³-hybridized carbons (Fsp3) is 0.500. The van der Waals surface area contributed by atoms with Gasteiger partial charge in [0.2, 0.25) is 10.0 Å². The largest absolute Gasteiger partial charge is 0.398 e. The zero-order valence-electron chi connectivity index (χ0n) is 10.9. The van der Waals surface area contributed by atoms with E-state index in [0.29, 0.717) is 6.54 Å². The van der Waals surface area contributed by atoms with E-state index < -0.39 is 15.8 Å². The maximum absolute atomic E-state index is 12.9. The lowest BCUT2D eigenvalue weighted by molar-refractivity contribution is 0.576. The zero-order valence-corrected chi connectivity index (χ0v) is 12.5. The number of nitrogens with two attached hydrogens (primary N) is 1. The Morgan fingerprint density at radius 1 is 1.32 bits per heavy atom. The summed E-state index contributed by atoms with van der Waals surface area (Å²) in [5.74, 6) is 0.533. The summed E-state index contributed by atoms with van der Waals surface area (Å²) in [6, 6.07) is 3.27. The normalized spacial score (nSPS) is 11.7. The monoisotopic (exact) mass is 306 g/mol. The van der Waals surface area contributed by atoms with Crippen LogP contribution in [0.4, 0.5) is 10.1 Å². The molecule has 4 nitrogen and oxygen atoms in total. The molecule has 19 heavy (non-hydrogen) atoms. The first-order valence-corrected chi connectivity index (χ1v) is 8.88. The second-order valence-electron chi connectivity index (χ2n) is 4.13. The number of anilines is 1. The van der Waals surface area contributed by atoms with E-state index in [2.05, 4.69) is 4.72 Å². The number of rotatable bonds is 8. The van der Waals surface area contributed by atoms with Crippen LogP contribution in [0.5, 0.6) is 0 Å². The number of thioether (sulfide) groups is 1. The Morgan fingerprint density at radius 2 is 2.05 bits per heavy atom. The number of halogens is 1. The predicted molar refractivity (Wildman–Crippen MR) is 78.2 cm³/mol. The number of sulfonamides is 1. The van der Waals surface area contributed by atoms with Gasteiger partial charge in [0, 0.05) is 6.54 Å². The van der Waals surface area contributed by atoms with Gasteiger partial charge in [-0.3, -0.25) is 0 Å². The SMILES string of the molecule is CSCCCCCNS(=O)(=O)c1ccc(F)cc1N. The van der Waals surface area contributed by atoms with Gasteiger partial charge >= 0.3 is 0 Å². The summed E-state index contributed by atoms with van der Waals surface area (Å²) in [4.78, 5) is -0.0713. The third-order valence-corrected chi connectivity index (χ3v) is 4.81. The number of unbranched alkanes of at least 4 members (excludes halogenated alkanes) is 2. The van der Waals surface area contributed by atoms with Crippen molar-refractivity contribution in [3.05, 3.63) is 24.0 Å². The summed E-state index contributed by atoms with van der Waals surface area (Å²) >= 11 is 1.77. The second kappa shape index (κ2) is 7.72. The van der Waals surface area contributed by atoms with Crippen LogP contribution in [0.2, 0.25) is 0 Å². The van der Waals surface area contributed by atoms with Crippen LogP contribution in [0.15, 0.2) is 23.1 Å². The van der Waals surface area contributed by atoms with Crippen molar-refractivity contribution >= 4 is 27.5 Å². The minimum Gasteiger partial charge on any atom is -0.398 e. The van der Waals surface area contributed by atoms with Crippen LogP contribution in [0, 0.1) is 5.82 Å². The molecular weight excluding hydrogens is 287 g/mol. The molecule has 0 bridgehead atoms. The molecule has 0 radical (unpaired) electrons. The van der Waals surface area contributed by atoms with Gasteiger partial charge in [-0.2, -0.15) is 11.8 Å². The minimum absolute atomic E-state index is 0.0713. The van der Waals surface area contributed by atoms with Crippen molar-refractivity contribution in [3.8, 4) is 0 Å². The fourth-order valence-electron chi connectivity index (χ4n) is 1.60. The zero-order chi connectivity index (χ0) is 14.3. The van der Waals surface area contributed by atoms with Crippen molar-refractivity contribution in [2.24, 2.45) is 0 Å². The van der Waals surface area contributed by atoms with Gasteiger partial charge in [0.1, 0.15) is 10.7 Å². The average molecular weight is 306 g/mol. The molecule has 3 N–H and O–H groups in total. The molecule has 108 valence electrons. The van der Waals surface area contributed by atoms with Crippen LogP contribution >= 0.6 is 11.8 Å². The molecule has 0 spiro atoms. The van der Waals surface area contributed by atoms with Crippen molar-refractivity contribution in [1.82, 2.24) is 4.72 Å². The van der Waals surface area contributed by atoms with Gasteiger partial charge in [-0.25, -0.2) is 17.5 Å². The highest BCUT2D eigenvalue weighted by molar-refractivity contribution is 7.98. The smallest absolute Gasteiger partial charge is 0.242 e. The Bertz CT molecular complexity index is 506. The van der Waals surface area contributed by atoms with Crippen LogP contribution in [0.1, 0.15) is 19.3 Å². The topological polar surface area (TPSA) is 72.2 Å². The van der Waals surface area contributed by atoms with Crippen LogP contribution in [0.25, 0.3) is 0 Å². The maximum Gasteiger partial charge on any atom is 0.242 e.